The summed E-state index contributed by atoms with van der Waals surface area (Å²) in [6, 6.07) is 0. The van der Waals surface area contributed by atoms with Crippen molar-refractivity contribution in [3.05, 3.63) is 12.7 Å². The summed E-state index contributed by atoms with van der Waals surface area (Å²) in [4.78, 5) is 23.8. The molecule has 0 bridgehead atoms. The van der Waals surface area contributed by atoms with Gasteiger partial charge in [0.05, 0.1) is 13.2 Å². The van der Waals surface area contributed by atoms with Crippen LogP contribution >= 0.6 is 0 Å². The number of carbonyl (C=O) groups is 1. The SMILES string of the molecule is Nc1ncnc2c1[nH]c[n+]2[C@@H]1O[C@H](CO)[C@@H](O)[C@H]1O.O=C1CO[C-]=N1. The van der Waals surface area contributed by atoms with Gasteiger partial charge in [-0.2, -0.15) is 4.98 Å². The summed E-state index contributed by atoms with van der Waals surface area (Å²) < 4.78 is 11.2. The van der Waals surface area contributed by atoms with Crippen molar-refractivity contribution in [1.29, 1.82) is 0 Å². The average Bonchev–Trinajstić information content (AvgIpc) is 3.31. The monoisotopic (exact) mass is 352 g/mol. The van der Waals surface area contributed by atoms with E-state index in [2.05, 4.69) is 24.7 Å². The smallest absolute Gasteiger partial charge is 0.309 e. The number of aromatic amines is 1. The van der Waals surface area contributed by atoms with Gasteiger partial charge >= 0.3 is 5.65 Å². The van der Waals surface area contributed by atoms with Gasteiger partial charge in [-0.1, -0.05) is 4.98 Å². The molecule has 0 saturated carbocycles. The number of amides is 1. The number of imidazole rings is 1. The van der Waals surface area contributed by atoms with Gasteiger partial charge in [0.25, 0.3) is 0 Å². The highest BCUT2D eigenvalue weighted by atomic mass is 16.6. The van der Waals surface area contributed by atoms with Crippen molar-refractivity contribution in [3.8, 4) is 0 Å². The van der Waals surface area contributed by atoms with E-state index in [9.17, 15) is 15.0 Å². The number of aliphatic hydroxyl groups is 3. The molecule has 134 valence electrons. The molecule has 4 heterocycles. The van der Waals surface area contributed by atoms with E-state index >= 15 is 0 Å². The quantitative estimate of drug-likeness (QED) is 0.276. The maximum absolute atomic E-state index is 9.96. The second-order valence-electron chi connectivity index (χ2n) is 5.25. The molecule has 1 fully saturated rings. The topological polar surface area (TPSA) is 180 Å². The molecular weight excluding hydrogens is 336 g/mol. The Kier molecular flexibility index (Phi) is 4.85. The van der Waals surface area contributed by atoms with Gasteiger partial charge in [-0.05, 0) is 0 Å². The van der Waals surface area contributed by atoms with E-state index in [1.54, 1.807) is 0 Å². The van der Waals surface area contributed by atoms with Crippen LogP contribution in [0.3, 0.4) is 0 Å². The molecule has 6 N–H and O–H groups in total. The number of hydrogen-bond acceptors (Lipinski definition) is 9. The molecule has 25 heavy (non-hydrogen) atoms. The maximum Gasteiger partial charge on any atom is 0.309 e. The Bertz CT molecular complexity index is 794. The molecule has 2 aromatic rings. The van der Waals surface area contributed by atoms with Crippen molar-refractivity contribution in [2.45, 2.75) is 24.5 Å². The predicted molar refractivity (Wildman–Crippen MR) is 79.9 cm³/mol. The minimum Gasteiger partial charge on any atom is -0.581 e. The Balaban J connectivity index is 0.000000258. The summed E-state index contributed by atoms with van der Waals surface area (Å²) in [6.45, 7) is -0.311. The van der Waals surface area contributed by atoms with Crippen LogP contribution in [0, 0.1) is 0 Å². The lowest BCUT2D eigenvalue weighted by Gasteiger charge is -2.11. The van der Waals surface area contributed by atoms with Gasteiger partial charge in [-0.25, -0.2) is 4.57 Å². The molecule has 0 aliphatic carbocycles. The van der Waals surface area contributed by atoms with Crippen LogP contribution in [0.15, 0.2) is 17.6 Å². The Labute approximate surface area is 140 Å². The molecule has 12 heteroatoms. The van der Waals surface area contributed by atoms with Crippen LogP contribution in [0.2, 0.25) is 0 Å². The zero-order valence-corrected chi connectivity index (χ0v) is 12.8. The minimum absolute atomic E-state index is 0.0694. The molecule has 0 spiro atoms. The number of aromatic nitrogens is 4. The molecular formula is C13H16N6O6. The number of aliphatic hydroxyl groups excluding tert-OH is 3. The summed E-state index contributed by atoms with van der Waals surface area (Å²) in [5, 5.41) is 28.8. The second-order valence-corrected chi connectivity index (χ2v) is 5.25. The van der Waals surface area contributed by atoms with Crippen molar-refractivity contribution in [2.24, 2.45) is 4.99 Å². The summed E-state index contributed by atoms with van der Waals surface area (Å²) in [6.07, 6.45) is 0.848. The first kappa shape index (κ1) is 17.2. The van der Waals surface area contributed by atoms with Gasteiger partial charge in [0.2, 0.25) is 11.7 Å². The third-order valence-corrected chi connectivity index (χ3v) is 3.67. The third-order valence-electron chi connectivity index (χ3n) is 3.67. The summed E-state index contributed by atoms with van der Waals surface area (Å²) in [5.41, 5.74) is 6.66. The largest absolute Gasteiger partial charge is 0.581 e. The zero-order chi connectivity index (χ0) is 18.0. The number of rotatable bonds is 2. The fourth-order valence-electron chi connectivity index (χ4n) is 2.43. The fraction of sp³-hybridized carbons (Fsp3) is 0.462. The van der Waals surface area contributed by atoms with Crippen LogP contribution in [-0.2, 0) is 14.3 Å². The van der Waals surface area contributed by atoms with Gasteiger partial charge < -0.3 is 40.3 Å². The molecule has 0 radical (unpaired) electrons. The van der Waals surface area contributed by atoms with Crippen molar-refractivity contribution >= 4 is 29.3 Å². The normalized spacial score (nSPS) is 28.0. The highest BCUT2D eigenvalue weighted by molar-refractivity contribution is 5.88. The lowest BCUT2D eigenvalue weighted by atomic mass is 10.1. The van der Waals surface area contributed by atoms with E-state index in [-0.39, 0.29) is 24.9 Å². The van der Waals surface area contributed by atoms with Gasteiger partial charge in [0.15, 0.2) is 18.5 Å². The van der Waals surface area contributed by atoms with Gasteiger partial charge in [0.1, 0.15) is 24.2 Å². The summed E-state index contributed by atoms with van der Waals surface area (Å²) >= 11 is 0. The molecule has 2 aliphatic rings. The maximum atomic E-state index is 9.96. The number of H-pyrrole nitrogens is 1. The molecule has 4 atom stereocenters. The van der Waals surface area contributed by atoms with E-state index in [4.69, 9.17) is 15.6 Å². The number of nitrogen functional groups attached to an aromatic ring is 1. The Hall–Kier alpha value is -2.67. The summed E-state index contributed by atoms with van der Waals surface area (Å²) in [7, 11) is 0. The number of nitrogens with two attached hydrogens (primary N) is 1. The number of nitrogens with zero attached hydrogens (tertiary/aromatic N) is 4. The van der Waals surface area contributed by atoms with Crippen LogP contribution in [0.25, 0.3) is 11.2 Å². The van der Waals surface area contributed by atoms with Crippen LogP contribution in [0.1, 0.15) is 6.23 Å². The summed E-state index contributed by atoms with van der Waals surface area (Å²) in [5.74, 6) is 0.0190. The molecule has 0 aromatic carbocycles. The predicted octanol–water partition coefficient (Wildman–Crippen LogP) is -3.11. The lowest BCUT2D eigenvalue weighted by molar-refractivity contribution is -0.745. The Morgan fingerprint density at radius 2 is 2.20 bits per heavy atom. The first-order valence-corrected chi connectivity index (χ1v) is 7.24. The minimum atomic E-state index is -1.17. The third kappa shape index (κ3) is 3.28. The van der Waals surface area contributed by atoms with Crippen LogP contribution in [-0.4, -0.2) is 74.1 Å². The van der Waals surface area contributed by atoms with Gasteiger partial charge in [-0.15, -0.1) is 0 Å². The molecule has 0 unspecified atom stereocenters. The number of fused-ring (bicyclic) bond motifs is 1. The van der Waals surface area contributed by atoms with Crippen molar-refractivity contribution < 1.29 is 34.2 Å². The number of anilines is 1. The van der Waals surface area contributed by atoms with E-state index in [0.29, 0.717) is 11.2 Å². The number of ether oxygens (including phenoxy) is 2. The number of aliphatic imine (C=N–C) groups is 1. The van der Waals surface area contributed by atoms with Crippen molar-refractivity contribution in [1.82, 2.24) is 15.0 Å². The van der Waals surface area contributed by atoms with Gasteiger partial charge in [-0.3, -0.25) is 4.98 Å². The van der Waals surface area contributed by atoms with Crippen molar-refractivity contribution in [2.75, 3.05) is 18.9 Å². The second kappa shape index (κ2) is 7.06. The van der Waals surface area contributed by atoms with E-state index in [0.717, 1.165) is 0 Å². The Morgan fingerprint density at radius 3 is 2.76 bits per heavy atom. The fourth-order valence-corrected chi connectivity index (χ4v) is 2.43. The standard InChI is InChI=1S/C10H13N5O4.C3H2NO2/c11-8-5-9(13-2-12-8)15(3-14-5)10-7(18)6(17)4(1-16)19-10;5-3-1-6-2-4-3/h2-4,6-7,10,16-18H,1H2,(H2,11,12,13);1H2/q;-1/p+1/t4-,6-,7-,10-;/m1./s1. The number of carbonyl (C=O) groups excluding carboxylic acids is 1. The number of hydrogen-bond donors (Lipinski definition) is 5. The Morgan fingerprint density at radius 1 is 1.40 bits per heavy atom. The first-order valence-electron chi connectivity index (χ1n) is 7.24. The lowest BCUT2D eigenvalue weighted by Crippen LogP contribution is -2.45. The average molecular weight is 352 g/mol. The zero-order valence-electron chi connectivity index (χ0n) is 12.8. The van der Waals surface area contributed by atoms with E-state index in [1.807, 2.05) is 6.40 Å². The molecule has 1 saturated heterocycles. The highest BCUT2D eigenvalue weighted by Gasteiger charge is 2.46. The van der Waals surface area contributed by atoms with E-state index in [1.165, 1.54) is 17.2 Å². The van der Waals surface area contributed by atoms with Gasteiger partial charge in [0, 0.05) is 6.40 Å². The highest BCUT2D eigenvalue weighted by Crippen LogP contribution is 2.26. The van der Waals surface area contributed by atoms with E-state index < -0.39 is 24.5 Å². The molecule has 12 nitrogen and oxygen atoms in total. The molecule has 4 rings (SSSR count). The first-order chi connectivity index (χ1) is 12.0. The van der Waals surface area contributed by atoms with Crippen molar-refractivity contribution in [3.63, 3.8) is 0 Å². The van der Waals surface area contributed by atoms with Crippen LogP contribution < -0.4 is 10.3 Å². The number of nitrogens with one attached hydrogen (secondary N) is 1. The molecule has 1 amide bonds. The molecule has 2 aliphatic heterocycles. The molecule has 2 aromatic heterocycles. The van der Waals surface area contributed by atoms with Crippen LogP contribution in [0.5, 0.6) is 0 Å². The van der Waals surface area contributed by atoms with Crippen LogP contribution in [0.4, 0.5) is 5.82 Å².